The Balaban J connectivity index is 1.40. The third-order valence-electron chi connectivity index (χ3n) is 4.52. The summed E-state index contributed by atoms with van der Waals surface area (Å²) in [6.45, 7) is 0.975. The standard InChI is InChI=1S/C22H15ClN2O4/c23-15-3-1-2-14(10-15)22-25-17-12-16(5-7-18(17)29-22)24-21(26)13-4-6-19-20(11-13)28-9-8-27-19/h1-7,10-12H,8-9H2,(H,24,26). The highest BCUT2D eigenvalue weighted by Gasteiger charge is 2.16. The summed E-state index contributed by atoms with van der Waals surface area (Å²) in [5, 5.41) is 3.49. The molecule has 1 aromatic heterocycles. The van der Waals surface area contributed by atoms with Gasteiger partial charge in [0.05, 0.1) is 0 Å². The van der Waals surface area contributed by atoms with Crippen molar-refractivity contribution in [3.05, 3.63) is 71.2 Å². The molecule has 0 fully saturated rings. The van der Waals surface area contributed by atoms with Crippen LogP contribution in [0, 0.1) is 0 Å². The second-order valence-electron chi connectivity index (χ2n) is 6.52. The summed E-state index contributed by atoms with van der Waals surface area (Å²) in [5.41, 5.74) is 3.14. The molecule has 6 nitrogen and oxygen atoms in total. The van der Waals surface area contributed by atoms with Gasteiger partial charge in [0.25, 0.3) is 5.91 Å². The average Bonchev–Trinajstić information content (AvgIpc) is 3.17. The van der Waals surface area contributed by atoms with Gasteiger partial charge < -0.3 is 19.2 Å². The predicted octanol–water partition coefficient (Wildman–Crippen LogP) is 5.17. The fraction of sp³-hybridized carbons (Fsp3) is 0.0909. The SMILES string of the molecule is O=C(Nc1ccc2oc(-c3cccc(Cl)c3)nc2c1)c1ccc2c(c1)OCCO2. The van der Waals surface area contributed by atoms with E-state index in [1.165, 1.54) is 0 Å². The topological polar surface area (TPSA) is 73.6 Å². The van der Waals surface area contributed by atoms with E-state index in [0.29, 0.717) is 58.0 Å². The number of fused-ring (bicyclic) bond motifs is 2. The number of oxazole rings is 1. The minimum atomic E-state index is -0.250. The first-order chi connectivity index (χ1) is 14.2. The Bertz CT molecular complexity index is 1230. The molecule has 1 N–H and O–H groups in total. The molecule has 29 heavy (non-hydrogen) atoms. The van der Waals surface area contributed by atoms with Gasteiger partial charge in [-0.15, -0.1) is 0 Å². The summed E-state index contributed by atoms with van der Waals surface area (Å²) in [6, 6.07) is 17.7. The lowest BCUT2D eigenvalue weighted by Gasteiger charge is -2.18. The van der Waals surface area contributed by atoms with Crippen LogP contribution < -0.4 is 14.8 Å². The molecule has 1 amide bonds. The monoisotopic (exact) mass is 406 g/mol. The lowest BCUT2D eigenvalue weighted by Crippen LogP contribution is -2.17. The Morgan fingerprint density at radius 2 is 1.83 bits per heavy atom. The van der Waals surface area contributed by atoms with Crippen LogP contribution in [-0.4, -0.2) is 24.1 Å². The van der Waals surface area contributed by atoms with Crippen LogP contribution in [0.5, 0.6) is 11.5 Å². The van der Waals surface area contributed by atoms with Crippen molar-refractivity contribution in [1.29, 1.82) is 0 Å². The Morgan fingerprint density at radius 1 is 0.966 bits per heavy atom. The van der Waals surface area contributed by atoms with Crippen molar-refractivity contribution in [2.45, 2.75) is 0 Å². The molecule has 0 bridgehead atoms. The molecule has 0 unspecified atom stereocenters. The average molecular weight is 407 g/mol. The molecule has 0 spiro atoms. The molecule has 0 radical (unpaired) electrons. The number of hydrogen-bond acceptors (Lipinski definition) is 5. The molecule has 0 saturated heterocycles. The molecule has 4 aromatic rings. The summed E-state index contributed by atoms with van der Waals surface area (Å²) in [7, 11) is 0. The molecule has 1 aliphatic heterocycles. The van der Waals surface area contributed by atoms with Crippen molar-refractivity contribution in [2.75, 3.05) is 18.5 Å². The number of hydrogen-bond donors (Lipinski definition) is 1. The highest BCUT2D eigenvalue weighted by Crippen LogP contribution is 2.31. The molecule has 0 atom stereocenters. The van der Waals surface area contributed by atoms with Crippen LogP contribution >= 0.6 is 11.6 Å². The number of benzene rings is 3. The Labute approximate surface area is 171 Å². The van der Waals surface area contributed by atoms with Gasteiger partial charge in [0, 0.05) is 21.8 Å². The first-order valence-electron chi connectivity index (χ1n) is 9.03. The van der Waals surface area contributed by atoms with Crippen LogP contribution in [0.25, 0.3) is 22.6 Å². The maximum Gasteiger partial charge on any atom is 0.255 e. The Morgan fingerprint density at radius 3 is 2.69 bits per heavy atom. The number of anilines is 1. The van der Waals surface area contributed by atoms with Crippen molar-refractivity contribution in [1.82, 2.24) is 4.98 Å². The number of carbonyl (C=O) groups is 1. The van der Waals surface area contributed by atoms with E-state index < -0.39 is 0 Å². The fourth-order valence-electron chi connectivity index (χ4n) is 3.14. The van der Waals surface area contributed by atoms with Gasteiger partial charge in [0.15, 0.2) is 17.1 Å². The number of carbonyl (C=O) groups excluding carboxylic acids is 1. The third-order valence-corrected chi connectivity index (χ3v) is 4.76. The van der Waals surface area contributed by atoms with Crippen molar-refractivity contribution < 1.29 is 18.7 Å². The predicted molar refractivity (Wildman–Crippen MR) is 110 cm³/mol. The molecule has 1 aliphatic rings. The summed E-state index contributed by atoms with van der Waals surface area (Å²) < 4.78 is 16.8. The van der Waals surface area contributed by atoms with Gasteiger partial charge in [-0.2, -0.15) is 0 Å². The van der Waals surface area contributed by atoms with Crippen LogP contribution in [-0.2, 0) is 0 Å². The zero-order chi connectivity index (χ0) is 19.8. The Kier molecular flexibility index (Phi) is 4.33. The number of ether oxygens (including phenoxy) is 2. The summed E-state index contributed by atoms with van der Waals surface area (Å²) in [6.07, 6.45) is 0. The number of nitrogens with one attached hydrogen (secondary N) is 1. The lowest BCUT2D eigenvalue weighted by atomic mass is 10.1. The lowest BCUT2D eigenvalue weighted by molar-refractivity contribution is 0.102. The van der Waals surface area contributed by atoms with Gasteiger partial charge in [-0.3, -0.25) is 4.79 Å². The number of halogens is 1. The molecule has 2 heterocycles. The van der Waals surface area contributed by atoms with E-state index in [1.54, 1.807) is 48.5 Å². The van der Waals surface area contributed by atoms with Gasteiger partial charge in [-0.05, 0) is 54.6 Å². The largest absolute Gasteiger partial charge is 0.486 e. The van der Waals surface area contributed by atoms with Gasteiger partial charge >= 0.3 is 0 Å². The van der Waals surface area contributed by atoms with Gasteiger partial charge in [-0.25, -0.2) is 4.98 Å². The van der Waals surface area contributed by atoms with Crippen molar-refractivity contribution in [2.24, 2.45) is 0 Å². The molecule has 7 heteroatoms. The molecular formula is C22H15ClN2O4. The first kappa shape index (κ1) is 17.6. The maximum atomic E-state index is 12.6. The summed E-state index contributed by atoms with van der Waals surface area (Å²) >= 11 is 6.04. The van der Waals surface area contributed by atoms with E-state index in [2.05, 4.69) is 10.3 Å². The number of aromatic nitrogens is 1. The minimum absolute atomic E-state index is 0.250. The van der Waals surface area contributed by atoms with Gasteiger partial charge in [0.2, 0.25) is 5.89 Å². The van der Waals surface area contributed by atoms with Gasteiger partial charge in [-0.1, -0.05) is 17.7 Å². The number of nitrogens with zero attached hydrogens (tertiary/aromatic N) is 1. The second-order valence-corrected chi connectivity index (χ2v) is 6.96. The van der Waals surface area contributed by atoms with Crippen molar-refractivity contribution in [3.63, 3.8) is 0 Å². The van der Waals surface area contributed by atoms with E-state index in [9.17, 15) is 4.79 Å². The van der Waals surface area contributed by atoms with E-state index >= 15 is 0 Å². The van der Waals surface area contributed by atoms with E-state index in [4.69, 9.17) is 25.5 Å². The highest BCUT2D eigenvalue weighted by molar-refractivity contribution is 6.30. The maximum absolute atomic E-state index is 12.6. The highest BCUT2D eigenvalue weighted by atomic mass is 35.5. The molecule has 3 aromatic carbocycles. The van der Waals surface area contributed by atoms with Gasteiger partial charge in [0.1, 0.15) is 18.7 Å². The molecular weight excluding hydrogens is 392 g/mol. The molecule has 144 valence electrons. The van der Waals surface area contributed by atoms with Crippen LogP contribution in [0.4, 0.5) is 5.69 Å². The first-order valence-corrected chi connectivity index (χ1v) is 9.41. The Hall–Kier alpha value is -3.51. The fourth-order valence-corrected chi connectivity index (χ4v) is 3.33. The molecule has 0 aliphatic carbocycles. The van der Waals surface area contributed by atoms with Crippen LogP contribution in [0.15, 0.2) is 65.1 Å². The van der Waals surface area contributed by atoms with Crippen LogP contribution in [0.2, 0.25) is 5.02 Å². The number of amides is 1. The van der Waals surface area contributed by atoms with E-state index in [1.807, 2.05) is 12.1 Å². The van der Waals surface area contributed by atoms with E-state index in [0.717, 1.165) is 5.56 Å². The summed E-state index contributed by atoms with van der Waals surface area (Å²) in [5.74, 6) is 1.44. The summed E-state index contributed by atoms with van der Waals surface area (Å²) in [4.78, 5) is 17.1. The number of rotatable bonds is 3. The minimum Gasteiger partial charge on any atom is -0.486 e. The van der Waals surface area contributed by atoms with E-state index in [-0.39, 0.29) is 5.91 Å². The zero-order valence-corrected chi connectivity index (χ0v) is 15.9. The normalized spacial score (nSPS) is 12.7. The quantitative estimate of drug-likeness (QED) is 0.508. The van der Waals surface area contributed by atoms with Crippen LogP contribution in [0.1, 0.15) is 10.4 Å². The smallest absolute Gasteiger partial charge is 0.255 e. The van der Waals surface area contributed by atoms with Crippen molar-refractivity contribution in [3.8, 4) is 23.0 Å². The second kappa shape index (κ2) is 7.14. The zero-order valence-electron chi connectivity index (χ0n) is 15.1. The molecule has 5 rings (SSSR count). The molecule has 0 saturated carbocycles. The third kappa shape index (κ3) is 3.50. The van der Waals surface area contributed by atoms with Crippen molar-refractivity contribution >= 4 is 34.3 Å². The van der Waals surface area contributed by atoms with Crippen LogP contribution in [0.3, 0.4) is 0 Å².